The number of carbonyl (C=O) groups is 1. The minimum atomic E-state index is -0.667. The fourth-order valence-corrected chi connectivity index (χ4v) is 1.48. The molecule has 1 aromatic heterocycles. The van der Waals surface area contributed by atoms with Crippen LogP contribution in [0.5, 0.6) is 5.75 Å². The van der Waals surface area contributed by atoms with Crippen LogP contribution in [0.25, 0.3) is 0 Å². The molecule has 5 nitrogen and oxygen atoms in total. The summed E-state index contributed by atoms with van der Waals surface area (Å²) < 4.78 is 10.1. The van der Waals surface area contributed by atoms with Crippen LogP contribution in [0.4, 0.5) is 5.82 Å². The average molecular weight is 267 g/mol. The second-order valence-corrected chi connectivity index (χ2v) is 4.03. The topological polar surface area (TPSA) is 64.4 Å². The van der Waals surface area contributed by atoms with Crippen LogP contribution in [0.15, 0.2) is 41.1 Å². The first-order valence-corrected chi connectivity index (χ1v) is 5.66. The largest absolute Gasteiger partial charge is 0.481 e. The number of benzene rings is 1. The molecule has 1 unspecified atom stereocenters. The number of ether oxygens (including phenoxy) is 1. The van der Waals surface area contributed by atoms with Crippen molar-refractivity contribution in [3.05, 3.63) is 41.6 Å². The predicted molar refractivity (Wildman–Crippen MR) is 66.7 cm³/mol. The molecule has 2 aromatic rings. The highest BCUT2D eigenvalue weighted by molar-refractivity contribution is 6.30. The molecule has 1 heterocycles. The Labute approximate surface area is 109 Å². The first-order chi connectivity index (χ1) is 8.65. The number of nitrogens with zero attached hydrogens (tertiary/aromatic N) is 1. The van der Waals surface area contributed by atoms with E-state index in [0.717, 1.165) is 0 Å². The molecule has 0 saturated carbocycles. The Morgan fingerprint density at radius 2 is 2.33 bits per heavy atom. The Morgan fingerprint density at radius 3 is 3.00 bits per heavy atom. The lowest BCUT2D eigenvalue weighted by Gasteiger charge is -2.13. The van der Waals surface area contributed by atoms with Gasteiger partial charge < -0.3 is 14.6 Å². The molecule has 0 saturated heterocycles. The summed E-state index contributed by atoms with van der Waals surface area (Å²) in [6.07, 6.45) is 0.707. The van der Waals surface area contributed by atoms with Gasteiger partial charge in [-0.15, -0.1) is 0 Å². The van der Waals surface area contributed by atoms with Gasteiger partial charge >= 0.3 is 0 Å². The zero-order valence-corrected chi connectivity index (χ0v) is 10.3. The van der Waals surface area contributed by atoms with Crippen molar-refractivity contribution >= 4 is 23.3 Å². The summed E-state index contributed by atoms with van der Waals surface area (Å²) in [5, 5.41) is 6.68. The van der Waals surface area contributed by atoms with Gasteiger partial charge in [-0.3, -0.25) is 4.79 Å². The number of carbonyl (C=O) groups excluding carboxylic acids is 1. The Morgan fingerprint density at radius 1 is 1.50 bits per heavy atom. The van der Waals surface area contributed by atoms with Gasteiger partial charge in [0.15, 0.2) is 11.9 Å². The molecule has 0 aliphatic rings. The molecule has 1 amide bonds. The van der Waals surface area contributed by atoms with Crippen molar-refractivity contribution in [2.24, 2.45) is 0 Å². The zero-order valence-electron chi connectivity index (χ0n) is 9.59. The Hall–Kier alpha value is -2.01. The predicted octanol–water partition coefficient (Wildman–Crippen LogP) is 2.73. The van der Waals surface area contributed by atoms with Crippen molar-refractivity contribution in [3.63, 3.8) is 0 Å². The minimum Gasteiger partial charge on any atom is -0.481 e. The number of nitrogens with one attached hydrogen (secondary N) is 1. The molecular weight excluding hydrogens is 256 g/mol. The maximum Gasteiger partial charge on any atom is 0.266 e. The standard InChI is InChI=1S/C12H11ClN2O3/c1-8(12(16)14-11-5-6-17-15-11)18-10-4-2-3-9(13)7-10/h2-8H,1H3,(H,14,15,16). The third-order valence-corrected chi connectivity index (χ3v) is 2.40. The Bertz CT molecular complexity index is 528. The van der Waals surface area contributed by atoms with Gasteiger partial charge in [0.1, 0.15) is 12.0 Å². The average Bonchev–Trinajstić information content (AvgIpc) is 2.81. The van der Waals surface area contributed by atoms with E-state index in [-0.39, 0.29) is 5.91 Å². The smallest absolute Gasteiger partial charge is 0.266 e. The van der Waals surface area contributed by atoms with Crippen molar-refractivity contribution in [2.45, 2.75) is 13.0 Å². The molecule has 1 atom stereocenters. The quantitative estimate of drug-likeness (QED) is 0.924. The number of hydrogen-bond donors (Lipinski definition) is 1. The van der Waals surface area contributed by atoms with Gasteiger partial charge in [0.2, 0.25) is 0 Å². The number of halogens is 1. The summed E-state index contributed by atoms with van der Waals surface area (Å²) in [6, 6.07) is 8.39. The van der Waals surface area contributed by atoms with Crippen molar-refractivity contribution in [2.75, 3.05) is 5.32 Å². The molecule has 2 rings (SSSR count). The van der Waals surface area contributed by atoms with E-state index >= 15 is 0 Å². The van der Waals surface area contributed by atoms with E-state index in [9.17, 15) is 4.79 Å². The lowest BCUT2D eigenvalue weighted by atomic mass is 10.3. The van der Waals surface area contributed by atoms with Crippen LogP contribution < -0.4 is 10.1 Å². The summed E-state index contributed by atoms with van der Waals surface area (Å²) in [6.45, 7) is 1.64. The lowest BCUT2D eigenvalue weighted by Crippen LogP contribution is -2.30. The van der Waals surface area contributed by atoms with E-state index in [4.69, 9.17) is 16.3 Å². The van der Waals surface area contributed by atoms with E-state index in [2.05, 4.69) is 15.0 Å². The van der Waals surface area contributed by atoms with Crippen molar-refractivity contribution in [3.8, 4) is 5.75 Å². The molecule has 94 valence electrons. The van der Waals surface area contributed by atoms with Crippen molar-refractivity contribution < 1.29 is 14.1 Å². The fraction of sp³-hybridized carbons (Fsp3) is 0.167. The van der Waals surface area contributed by atoms with E-state index in [0.29, 0.717) is 16.6 Å². The third kappa shape index (κ3) is 3.24. The molecule has 0 aliphatic carbocycles. The highest BCUT2D eigenvalue weighted by Crippen LogP contribution is 2.18. The molecule has 0 bridgehead atoms. The summed E-state index contributed by atoms with van der Waals surface area (Å²) in [5.74, 6) is 0.565. The van der Waals surface area contributed by atoms with Crippen LogP contribution in [0.1, 0.15) is 6.92 Å². The Balaban J connectivity index is 1.95. The third-order valence-electron chi connectivity index (χ3n) is 2.17. The van der Waals surface area contributed by atoms with E-state index in [1.807, 2.05) is 0 Å². The monoisotopic (exact) mass is 266 g/mol. The summed E-state index contributed by atoms with van der Waals surface area (Å²) in [5.41, 5.74) is 0. The number of rotatable bonds is 4. The van der Waals surface area contributed by atoms with Crippen LogP contribution in [-0.4, -0.2) is 17.2 Å². The van der Waals surface area contributed by atoms with Gasteiger partial charge in [-0.25, -0.2) is 0 Å². The van der Waals surface area contributed by atoms with Gasteiger partial charge in [-0.2, -0.15) is 0 Å². The molecule has 1 aromatic carbocycles. The number of hydrogen-bond acceptors (Lipinski definition) is 4. The van der Waals surface area contributed by atoms with E-state index in [1.165, 1.54) is 6.26 Å². The highest BCUT2D eigenvalue weighted by atomic mass is 35.5. The number of anilines is 1. The summed E-state index contributed by atoms with van der Waals surface area (Å²) in [7, 11) is 0. The van der Waals surface area contributed by atoms with Crippen LogP contribution in [0, 0.1) is 0 Å². The highest BCUT2D eigenvalue weighted by Gasteiger charge is 2.15. The first kappa shape index (κ1) is 12.4. The van der Waals surface area contributed by atoms with Crippen LogP contribution in [0.2, 0.25) is 5.02 Å². The van der Waals surface area contributed by atoms with Gasteiger partial charge in [-0.1, -0.05) is 22.8 Å². The van der Waals surface area contributed by atoms with Gasteiger partial charge in [-0.05, 0) is 25.1 Å². The second-order valence-electron chi connectivity index (χ2n) is 3.59. The molecule has 6 heteroatoms. The van der Waals surface area contributed by atoms with E-state index in [1.54, 1.807) is 37.3 Å². The van der Waals surface area contributed by atoms with Gasteiger partial charge in [0, 0.05) is 11.1 Å². The number of amides is 1. The van der Waals surface area contributed by atoms with E-state index < -0.39 is 6.10 Å². The van der Waals surface area contributed by atoms with Crippen LogP contribution in [-0.2, 0) is 4.79 Å². The van der Waals surface area contributed by atoms with Crippen molar-refractivity contribution in [1.82, 2.24) is 5.16 Å². The molecule has 0 fully saturated rings. The minimum absolute atomic E-state index is 0.316. The van der Waals surface area contributed by atoms with Gasteiger partial charge in [0.05, 0.1) is 0 Å². The van der Waals surface area contributed by atoms with Gasteiger partial charge in [0.25, 0.3) is 5.91 Å². The van der Waals surface area contributed by atoms with Crippen LogP contribution in [0.3, 0.4) is 0 Å². The second kappa shape index (κ2) is 5.55. The fourth-order valence-electron chi connectivity index (χ4n) is 1.30. The normalized spacial score (nSPS) is 11.9. The lowest BCUT2D eigenvalue weighted by molar-refractivity contribution is -0.122. The molecule has 0 spiro atoms. The SMILES string of the molecule is CC(Oc1cccc(Cl)c1)C(=O)Nc1ccon1. The summed E-state index contributed by atoms with van der Waals surface area (Å²) >= 11 is 5.82. The maximum atomic E-state index is 11.7. The molecule has 18 heavy (non-hydrogen) atoms. The number of aromatic nitrogens is 1. The zero-order chi connectivity index (χ0) is 13.0. The molecule has 0 aliphatic heterocycles. The van der Waals surface area contributed by atoms with Crippen LogP contribution >= 0.6 is 11.6 Å². The van der Waals surface area contributed by atoms with Crippen molar-refractivity contribution in [1.29, 1.82) is 0 Å². The molecule has 0 radical (unpaired) electrons. The maximum absolute atomic E-state index is 11.7. The molecule has 1 N–H and O–H groups in total. The first-order valence-electron chi connectivity index (χ1n) is 5.28. The summed E-state index contributed by atoms with van der Waals surface area (Å²) in [4.78, 5) is 11.7. The Kier molecular flexibility index (Phi) is 3.84. The molecular formula is C12H11ClN2O3.